The van der Waals surface area contributed by atoms with Crippen molar-refractivity contribution in [3.63, 3.8) is 0 Å². The number of para-hydroxylation sites is 3. The van der Waals surface area contributed by atoms with Gasteiger partial charge in [-0.25, -0.2) is 0 Å². The fraction of sp³-hybridized carbons (Fsp3) is 0.400. The van der Waals surface area contributed by atoms with Gasteiger partial charge in [0.2, 0.25) is 0 Å². The van der Waals surface area contributed by atoms with Crippen molar-refractivity contribution in [2.45, 2.75) is 19.6 Å². The Labute approximate surface area is 222 Å². The normalized spacial score (nSPS) is 11.0. The van der Waals surface area contributed by atoms with Gasteiger partial charge in [0.1, 0.15) is 17.2 Å². The van der Waals surface area contributed by atoms with Gasteiger partial charge in [0.15, 0.2) is 0 Å². The highest BCUT2D eigenvalue weighted by atomic mass is 16.5. The summed E-state index contributed by atoms with van der Waals surface area (Å²) in [7, 11) is 5.16. The number of nitrogens with one attached hydrogen (secondary N) is 3. The minimum absolute atomic E-state index is 0.788. The average Bonchev–Trinajstić information content (AvgIpc) is 2.95. The Bertz CT molecular complexity index is 915. The van der Waals surface area contributed by atoms with Crippen LogP contribution in [0.25, 0.3) is 0 Å². The minimum atomic E-state index is 0.788. The van der Waals surface area contributed by atoms with E-state index in [-0.39, 0.29) is 0 Å². The molecular weight excluding hydrogens is 464 g/mol. The van der Waals surface area contributed by atoms with Crippen LogP contribution in [0.5, 0.6) is 17.2 Å². The van der Waals surface area contributed by atoms with E-state index in [1.165, 1.54) is 16.7 Å². The molecule has 37 heavy (non-hydrogen) atoms. The van der Waals surface area contributed by atoms with E-state index in [0.29, 0.717) is 0 Å². The molecule has 0 fully saturated rings. The van der Waals surface area contributed by atoms with E-state index in [9.17, 15) is 0 Å². The van der Waals surface area contributed by atoms with Crippen LogP contribution in [0.1, 0.15) is 16.7 Å². The zero-order valence-corrected chi connectivity index (χ0v) is 22.5. The van der Waals surface area contributed by atoms with Gasteiger partial charge in [0, 0.05) is 75.6 Å². The summed E-state index contributed by atoms with van der Waals surface area (Å²) in [5.41, 5.74) is 3.52. The van der Waals surface area contributed by atoms with Gasteiger partial charge < -0.3 is 30.2 Å². The summed E-state index contributed by atoms with van der Waals surface area (Å²) < 4.78 is 16.4. The molecule has 3 aromatic carbocycles. The summed E-state index contributed by atoms with van der Waals surface area (Å²) in [5.74, 6) is 2.77. The predicted octanol–water partition coefficient (Wildman–Crippen LogP) is 3.68. The summed E-state index contributed by atoms with van der Waals surface area (Å²) in [5, 5.41) is 10.7. The van der Waals surface area contributed by atoms with E-state index in [0.717, 1.165) is 76.2 Å². The maximum atomic E-state index is 5.48. The van der Waals surface area contributed by atoms with Crippen LogP contribution in [0, 0.1) is 0 Å². The molecule has 7 heteroatoms. The third kappa shape index (κ3) is 9.70. The molecule has 200 valence electrons. The fourth-order valence-electron chi connectivity index (χ4n) is 4.26. The molecule has 0 saturated heterocycles. The highest BCUT2D eigenvalue weighted by molar-refractivity contribution is 5.34. The molecule has 3 aromatic rings. The lowest BCUT2D eigenvalue weighted by Crippen LogP contribution is -2.40. The first kappa shape index (κ1) is 28.5. The van der Waals surface area contributed by atoms with Crippen LogP contribution in [-0.4, -0.2) is 65.5 Å². The maximum Gasteiger partial charge on any atom is 0.123 e. The van der Waals surface area contributed by atoms with E-state index in [1.807, 2.05) is 54.6 Å². The number of benzene rings is 3. The van der Waals surface area contributed by atoms with Crippen LogP contribution < -0.4 is 30.2 Å². The van der Waals surface area contributed by atoms with Crippen molar-refractivity contribution >= 4 is 0 Å². The zero-order valence-electron chi connectivity index (χ0n) is 22.5. The van der Waals surface area contributed by atoms with E-state index >= 15 is 0 Å². The van der Waals surface area contributed by atoms with Crippen LogP contribution in [0.4, 0.5) is 0 Å². The van der Waals surface area contributed by atoms with Crippen molar-refractivity contribution in [3.8, 4) is 17.2 Å². The van der Waals surface area contributed by atoms with Gasteiger partial charge in [-0.3, -0.25) is 4.90 Å². The summed E-state index contributed by atoms with van der Waals surface area (Å²) in [6.07, 6.45) is 0. The minimum Gasteiger partial charge on any atom is -0.496 e. The highest BCUT2D eigenvalue weighted by Crippen LogP contribution is 2.18. The van der Waals surface area contributed by atoms with Gasteiger partial charge in [-0.15, -0.1) is 0 Å². The van der Waals surface area contributed by atoms with Crippen molar-refractivity contribution in [1.82, 2.24) is 20.9 Å². The molecule has 0 saturated carbocycles. The highest BCUT2D eigenvalue weighted by Gasteiger charge is 2.08. The molecule has 0 aromatic heterocycles. The lowest BCUT2D eigenvalue weighted by atomic mass is 10.2. The van der Waals surface area contributed by atoms with E-state index in [2.05, 4.69) is 39.0 Å². The van der Waals surface area contributed by atoms with Gasteiger partial charge in [0.25, 0.3) is 0 Å². The smallest absolute Gasteiger partial charge is 0.123 e. The van der Waals surface area contributed by atoms with E-state index in [4.69, 9.17) is 14.2 Å². The van der Waals surface area contributed by atoms with Gasteiger partial charge in [0.05, 0.1) is 21.3 Å². The summed E-state index contributed by atoms with van der Waals surface area (Å²) in [4.78, 5) is 2.49. The Morgan fingerprint density at radius 3 is 1.08 bits per heavy atom. The topological polar surface area (TPSA) is 67.0 Å². The number of nitrogens with zero attached hydrogens (tertiary/aromatic N) is 1. The number of methoxy groups -OCH3 is 3. The first-order chi connectivity index (χ1) is 18.2. The standard InChI is InChI=1S/C30H42N4O3/c1-35-28-13-7-4-10-25(28)22-31-16-19-34(20-17-32-23-26-11-5-8-14-29(26)36-2)21-18-33-24-27-12-6-9-15-30(27)37-3/h4-15,31-33H,16-24H2,1-3H3. The molecule has 0 aliphatic carbocycles. The van der Waals surface area contributed by atoms with Gasteiger partial charge in [-0.2, -0.15) is 0 Å². The Kier molecular flexibility index (Phi) is 12.8. The predicted molar refractivity (Wildman–Crippen MR) is 151 cm³/mol. The van der Waals surface area contributed by atoms with Crippen molar-refractivity contribution in [3.05, 3.63) is 89.5 Å². The summed E-state index contributed by atoms with van der Waals surface area (Å²) in [6.45, 7) is 7.94. The number of rotatable bonds is 18. The van der Waals surface area contributed by atoms with Crippen molar-refractivity contribution in [2.24, 2.45) is 0 Å². The molecule has 0 bridgehead atoms. The molecule has 3 N–H and O–H groups in total. The van der Waals surface area contributed by atoms with Gasteiger partial charge in [-0.05, 0) is 18.2 Å². The van der Waals surface area contributed by atoms with E-state index in [1.54, 1.807) is 21.3 Å². The molecule has 0 aliphatic heterocycles. The molecule has 0 heterocycles. The molecule has 7 nitrogen and oxygen atoms in total. The molecule has 0 unspecified atom stereocenters. The van der Waals surface area contributed by atoms with Crippen LogP contribution in [-0.2, 0) is 19.6 Å². The Balaban J connectivity index is 1.46. The third-order valence-electron chi connectivity index (χ3n) is 6.34. The third-order valence-corrected chi connectivity index (χ3v) is 6.34. The first-order valence-electron chi connectivity index (χ1n) is 12.9. The quantitative estimate of drug-likeness (QED) is 0.228. The Morgan fingerprint density at radius 1 is 0.486 bits per heavy atom. The van der Waals surface area contributed by atoms with Crippen molar-refractivity contribution in [2.75, 3.05) is 60.6 Å². The first-order valence-corrected chi connectivity index (χ1v) is 12.9. The van der Waals surface area contributed by atoms with Crippen LogP contribution in [0.2, 0.25) is 0 Å². The van der Waals surface area contributed by atoms with Crippen molar-refractivity contribution < 1.29 is 14.2 Å². The van der Waals surface area contributed by atoms with Gasteiger partial charge >= 0.3 is 0 Å². The second-order valence-corrected chi connectivity index (χ2v) is 8.81. The van der Waals surface area contributed by atoms with Crippen LogP contribution >= 0.6 is 0 Å². The molecule has 0 spiro atoms. The van der Waals surface area contributed by atoms with Crippen LogP contribution in [0.15, 0.2) is 72.8 Å². The lowest BCUT2D eigenvalue weighted by molar-refractivity contribution is 0.270. The second-order valence-electron chi connectivity index (χ2n) is 8.81. The fourth-order valence-corrected chi connectivity index (χ4v) is 4.26. The Morgan fingerprint density at radius 2 is 0.784 bits per heavy atom. The molecule has 0 amide bonds. The number of hydrogen-bond acceptors (Lipinski definition) is 7. The molecule has 0 atom stereocenters. The molecule has 0 aliphatic rings. The summed E-state index contributed by atoms with van der Waals surface area (Å²) in [6, 6.07) is 24.5. The lowest BCUT2D eigenvalue weighted by Gasteiger charge is -2.23. The zero-order chi connectivity index (χ0) is 26.1. The molecule has 3 rings (SSSR count). The molecule has 0 radical (unpaired) electrons. The van der Waals surface area contributed by atoms with Crippen molar-refractivity contribution in [1.29, 1.82) is 0 Å². The van der Waals surface area contributed by atoms with Crippen LogP contribution in [0.3, 0.4) is 0 Å². The monoisotopic (exact) mass is 506 g/mol. The largest absolute Gasteiger partial charge is 0.496 e. The number of ether oxygens (including phenoxy) is 3. The van der Waals surface area contributed by atoms with E-state index < -0.39 is 0 Å². The average molecular weight is 507 g/mol. The molecular formula is C30H42N4O3. The number of hydrogen-bond donors (Lipinski definition) is 3. The summed E-state index contributed by atoms with van der Waals surface area (Å²) >= 11 is 0. The Hall–Kier alpha value is -3.10. The second kappa shape index (κ2) is 16.6. The maximum absolute atomic E-state index is 5.48. The van der Waals surface area contributed by atoms with Gasteiger partial charge in [-0.1, -0.05) is 54.6 Å². The SMILES string of the molecule is COc1ccccc1CNCCN(CCNCc1ccccc1OC)CCNCc1ccccc1OC.